The van der Waals surface area contributed by atoms with Crippen LogP contribution in [-0.2, 0) is 4.79 Å². The summed E-state index contributed by atoms with van der Waals surface area (Å²) < 4.78 is 0. The van der Waals surface area contributed by atoms with Crippen LogP contribution in [0.2, 0.25) is 0 Å². The number of nitrogens with zero attached hydrogens (tertiary/aromatic N) is 1. The van der Waals surface area contributed by atoms with E-state index in [1.165, 1.54) is 38.5 Å². The van der Waals surface area contributed by atoms with Gasteiger partial charge in [-0.1, -0.05) is 25.7 Å². The normalized spacial score (nSPS) is 27.9. The first-order chi connectivity index (χ1) is 8.72. The summed E-state index contributed by atoms with van der Waals surface area (Å²) in [5.41, 5.74) is 6.08. The van der Waals surface area contributed by atoms with Gasteiger partial charge in [0.05, 0.1) is 0 Å². The van der Waals surface area contributed by atoms with Gasteiger partial charge in [0.15, 0.2) is 0 Å². The van der Waals surface area contributed by atoms with Crippen molar-refractivity contribution in [1.82, 2.24) is 4.90 Å². The number of carbonyl (C=O) groups is 1. The number of carbonyl (C=O) groups excluding carboxylic acids is 1. The second-order valence-electron chi connectivity index (χ2n) is 6.03. The molecule has 0 saturated heterocycles. The third kappa shape index (κ3) is 4.35. The Hall–Kier alpha value is -0.280. The summed E-state index contributed by atoms with van der Waals surface area (Å²) in [7, 11) is 0. The van der Waals surface area contributed by atoms with Crippen molar-refractivity contribution in [2.45, 2.75) is 76.8 Å². The van der Waals surface area contributed by atoms with E-state index in [2.05, 4.69) is 11.8 Å². The first kappa shape index (κ1) is 16.8. The number of hydrogen-bond acceptors (Lipinski definition) is 2. The Kier molecular flexibility index (Phi) is 7.16. The van der Waals surface area contributed by atoms with Crippen LogP contribution < -0.4 is 5.73 Å². The van der Waals surface area contributed by atoms with Gasteiger partial charge in [-0.25, -0.2) is 0 Å². The first-order valence-corrected chi connectivity index (χ1v) is 7.77. The molecule has 3 nitrogen and oxygen atoms in total. The predicted octanol–water partition coefficient (Wildman–Crippen LogP) is 3.11. The highest BCUT2D eigenvalue weighted by Crippen LogP contribution is 2.29. The molecule has 0 spiro atoms. The Morgan fingerprint density at radius 2 is 1.79 bits per heavy atom. The van der Waals surface area contributed by atoms with Crippen LogP contribution in [0.15, 0.2) is 0 Å². The molecule has 4 heteroatoms. The molecule has 0 aromatic rings. The second kappa shape index (κ2) is 8.11. The minimum atomic E-state index is 0. The van der Waals surface area contributed by atoms with Crippen LogP contribution in [0.4, 0.5) is 0 Å². The van der Waals surface area contributed by atoms with Gasteiger partial charge in [0.1, 0.15) is 0 Å². The Morgan fingerprint density at radius 1 is 1.11 bits per heavy atom. The number of rotatable bonds is 4. The molecule has 0 aliphatic heterocycles. The summed E-state index contributed by atoms with van der Waals surface area (Å²) in [5, 5.41) is 0. The fourth-order valence-electron chi connectivity index (χ4n) is 3.69. The average molecular weight is 289 g/mol. The lowest BCUT2D eigenvalue weighted by atomic mass is 9.93. The van der Waals surface area contributed by atoms with Crippen LogP contribution in [0.25, 0.3) is 0 Å². The molecule has 2 aliphatic carbocycles. The highest BCUT2D eigenvalue weighted by atomic mass is 35.5. The van der Waals surface area contributed by atoms with Crippen molar-refractivity contribution in [1.29, 1.82) is 0 Å². The standard InChI is InChI=1S/C15H28N2O.ClH/c1-2-17(13-8-4-3-5-9-13)15(18)11-12-7-6-10-14(12)16;/h12-14H,2-11,16H2,1H3;1H/t12-,14+;/m0./s1. The van der Waals surface area contributed by atoms with Crippen LogP contribution in [0.3, 0.4) is 0 Å². The van der Waals surface area contributed by atoms with Gasteiger partial charge in [-0.2, -0.15) is 0 Å². The van der Waals surface area contributed by atoms with E-state index in [1.807, 2.05) is 0 Å². The predicted molar refractivity (Wildman–Crippen MR) is 81.4 cm³/mol. The van der Waals surface area contributed by atoms with Crippen LogP contribution in [0.5, 0.6) is 0 Å². The minimum absolute atomic E-state index is 0. The molecule has 112 valence electrons. The zero-order valence-electron chi connectivity index (χ0n) is 12.1. The lowest BCUT2D eigenvalue weighted by Crippen LogP contribution is -2.42. The molecule has 1 amide bonds. The third-order valence-electron chi connectivity index (χ3n) is 4.83. The molecule has 2 rings (SSSR count). The summed E-state index contributed by atoms with van der Waals surface area (Å²) in [6, 6.07) is 0.771. The monoisotopic (exact) mass is 288 g/mol. The van der Waals surface area contributed by atoms with E-state index in [1.54, 1.807) is 0 Å². The molecule has 2 saturated carbocycles. The van der Waals surface area contributed by atoms with Crippen molar-refractivity contribution >= 4 is 18.3 Å². The molecule has 0 radical (unpaired) electrons. The van der Waals surface area contributed by atoms with Crippen LogP contribution in [0, 0.1) is 5.92 Å². The van der Waals surface area contributed by atoms with Gasteiger partial charge >= 0.3 is 0 Å². The van der Waals surface area contributed by atoms with Crippen LogP contribution >= 0.6 is 12.4 Å². The number of amides is 1. The van der Waals surface area contributed by atoms with E-state index in [-0.39, 0.29) is 18.4 Å². The lowest BCUT2D eigenvalue weighted by molar-refractivity contribution is -0.135. The van der Waals surface area contributed by atoms with Gasteiger partial charge < -0.3 is 10.6 Å². The molecule has 0 heterocycles. The van der Waals surface area contributed by atoms with E-state index in [0.717, 1.165) is 19.4 Å². The van der Waals surface area contributed by atoms with E-state index in [0.29, 0.717) is 24.3 Å². The lowest BCUT2D eigenvalue weighted by Gasteiger charge is -2.34. The second-order valence-corrected chi connectivity index (χ2v) is 6.03. The minimum Gasteiger partial charge on any atom is -0.340 e. The molecule has 0 unspecified atom stereocenters. The van der Waals surface area contributed by atoms with Crippen LogP contribution in [-0.4, -0.2) is 29.4 Å². The smallest absolute Gasteiger partial charge is 0.223 e. The Labute approximate surface area is 123 Å². The summed E-state index contributed by atoms with van der Waals surface area (Å²) in [4.78, 5) is 14.6. The van der Waals surface area contributed by atoms with E-state index in [9.17, 15) is 4.79 Å². The SMILES string of the molecule is CCN(C(=O)C[C@@H]1CCC[C@H]1N)C1CCCCC1.Cl. The van der Waals surface area contributed by atoms with Crippen molar-refractivity contribution in [3.05, 3.63) is 0 Å². The quantitative estimate of drug-likeness (QED) is 0.864. The van der Waals surface area contributed by atoms with E-state index < -0.39 is 0 Å². The van der Waals surface area contributed by atoms with Gasteiger partial charge in [-0.05, 0) is 38.5 Å². The van der Waals surface area contributed by atoms with Gasteiger partial charge in [-0.15, -0.1) is 12.4 Å². The van der Waals surface area contributed by atoms with Crippen molar-refractivity contribution in [3.63, 3.8) is 0 Å². The first-order valence-electron chi connectivity index (χ1n) is 7.77. The number of nitrogens with two attached hydrogens (primary N) is 1. The summed E-state index contributed by atoms with van der Waals surface area (Å²) >= 11 is 0. The Bertz CT molecular complexity index is 279. The van der Waals surface area contributed by atoms with Crippen molar-refractivity contribution in [2.75, 3.05) is 6.54 Å². The molecule has 2 atom stereocenters. The summed E-state index contributed by atoms with van der Waals surface area (Å²) in [5.74, 6) is 0.793. The molecule has 2 fully saturated rings. The van der Waals surface area contributed by atoms with Crippen molar-refractivity contribution in [2.24, 2.45) is 11.7 Å². The fraction of sp³-hybridized carbons (Fsp3) is 0.933. The fourth-order valence-corrected chi connectivity index (χ4v) is 3.69. The molecular formula is C15H29ClN2O. The van der Waals surface area contributed by atoms with Gasteiger partial charge in [0, 0.05) is 25.0 Å². The highest BCUT2D eigenvalue weighted by molar-refractivity contribution is 5.85. The van der Waals surface area contributed by atoms with Gasteiger partial charge in [0.25, 0.3) is 0 Å². The molecule has 0 aromatic carbocycles. The summed E-state index contributed by atoms with van der Waals surface area (Å²) in [6.45, 7) is 2.98. The van der Waals surface area contributed by atoms with Gasteiger partial charge in [-0.3, -0.25) is 4.79 Å². The van der Waals surface area contributed by atoms with Crippen molar-refractivity contribution in [3.8, 4) is 0 Å². The third-order valence-corrected chi connectivity index (χ3v) is 4.83. The number of halogens is 1. The molecule has 2 N–H and O–H groups in total. The van der Waals surface area contributed by atoms with Gasteiger partial charge in [0.2, 0.25) is 5.91 Å². The highest BCUT2D eigenvalue weighted by Gasteiger charge is 2.30. The Balaban J connectivity index is 0.00000180. The van der Waals surface area contributed by atoms with Crippen molar-refractivity contribution < 1.29 is 4.79 Å². The molecule has 19 heavy (non-hydrogen) atoms. The molecular weight excluding hydrogens is 260 g/mol. The molecule has 0 bridgehead atoms. The Morgan fingerprint density at radius 3 is 2.32 bits per heavy atom. The van der Waals surface area contributed by atoms with Crippen LogP contribution in [0.1, 0.15) is 64.7 Å². The number of hydrogen-bond donors (Lipinski definition) is 1. The van der Waals surface area contributed by atoms with E-state index >= 15 is 0 Å². The van der Waals surface area contributed by atoms with E-state index in [4.69, 9.17) is 5.73 Å². The maximum atomic E-state index is 12.4. The topological polar surface area (TPSA) is 46.3 Å². The molecule has 2 aliphatic rings. The molecule has 0 aromatic heterocycles. The summed E-state index contributed by atoms with van der Waals surface area (Å²) in [6.07, 6.45) is 10.5. The maximum Gasteiger partial charge on any atom is 0.223 e. The zero-order chi connectivity index (χ0) is 13.0. The average Bonchev–Trinajstić information content (AvgIpc) is 2.77. The maximum absolute atomic E-state index is 12.4. The zero-order valence-corrected chi connectivity index (χ0v) is 13.0. The largest absolute Gasteiger partial charge is 0.340 e.